The number of benzene rings is 3. The molecule has 0 saturated carbocycles. The van der Waals surface area contributed by atoms with E-state index in [0.717, 1.165) is 16.9 Å². The molecule has 0 fully saturated rings. The van der Waals surface area contributed by atoms with E-state index in [1.807, 2.05) is 12.1 Å². The van der Waals surface area contributed by atoms with Crippen molar-refractivity contribution in [3.05, 3.63) is 54.1 Å². The summed E-state index contributed by atoms with van der Waals surface area (Å²) in [4.78, 5) is 0. The summed E-state index contributed by atoms with van der Waals surface area (Å²) in [5.41, 5.74) is 3.21. The second-order valence-corrected chi connectivity index (χ2v) is 5.89. The summed E-state index contributed by atoms with van der Waals surface area (Å²) in [6.07, 6.45) is -0.103. The van der Waals surface area contributed by atoms with E-state index in [0.29, 0.717) is 17.2 Å². The third-order valence-electron chi connectivity index (χ3n) is 4.52. The molecule has 2 N–H and O–H groups in total. The SMILES string of the molecule is COc1cc(C2Nc3cccc4cccc(c34)N2)cc(OC)c1OC. The fraction of sp³-hybridized carbons (Fsp3) is 0.200. The number of anilines is 2. The normalized spacial score (nSPS) is 13.1. The van der Waals surface area contributed by atoms with Crippen molar-refractivity contribution >= 4 is 22.1 Å². The van der Waals surface area contributed by atoms with Crippen LogP contribution in [-0.4, -0.2) is 21.3 Å². The molecule has 1 heterocycles. The van der Waals surface area contributed by atoms with Crippen LogP contribution in [-0.2, 0) is 0 Å². The molecule has 0 saturated heterocycles. The maximum Gasteiger partial charge on any atom is 0.203 e. The molecule has 5 nitrogen and oxygen atoms in total. The first-order chi connectivity index (χ1) is 12.2. The van der Waals surface area contributed by atoms with Crippen molar-refractivity contribution in [3.8, 4) is 17.2 Å². The number of ether oxygens (including phenoxy) is 3. The average molecular weight is 336 g/mol. The highest BCUT2D eigenvalue weighted by molar-refractivity contribution is 6.04. The predicted octanol–water partition coefficient (Wildman–Crippen LogP) is 4.40. The molecule has 25 heavy (non-hydrogen) atoms. The molecule has 128 valence electrons. The van der Waals surface area contributed by atoms with Crippen LogP contribution < -0.4 is 24.8 Å². The molecule has 0 atom stereocenters. The zero-order chi connectivity index (χ0) is 17.4. The summed E-state index contributed by atoms with van der Waals surface area (Å²) in [7, 11) is 4.85. The van der Waals surface area contributed by atoms with Crippen LogP contribution >= 0.6 is 0 Å². The number of methoxy groups -OCH3 is 3. The second-order valence-electron chi connectivity index (χ2n) is 5.89. The van der Waals surface area contributed by atoms with Gasteiger partial charge in [-0.3, -0.25) is 0 Å². The lowest BCUT2D eigenvalue weighted by Gasteiger charge is -2.30. The van der Waals surface area contributed by atoms with Gasteiger partial charge in [0.15, 0.2) is 11.5 Å². The zero-order valence-electron chi connectivity index (χ0n) is 14.4. The van der Waals surface area contributed by atoms with E-state index < -0.39 is 0 Å². The first-order valence-corrected chi connectivity index (χ1v) is 8.10. The van der Waals surface area contributed by atoms with Gasteiger partial charge in [0.25, 0.3) is 0 Å². The minimum absolute atomic E-state index is 0.103. The van der Waals surface area contributed by atoms with Gasteiger partial charge in [-0.05, 0) is 29.7 Å². The first-order valence-electron chi connectivity index (χ1n) is 8.10. The van der Waals surface area contributed by atoms with Crippen LogP contribution in [0.4, 0.5) is 11.4 Å². The molecule has 0 radical (unpaired) electrons. The molecule has 0 bridgehead atoms. The van der Waals surface area contributed by atoms with E-state index in [1.54, 1.807) is 21.3 Å². The third kappa shape index (κ3) is 2.48. The van der Waals surface area contributed by atoms with Gasteiger partial charge in [0.05, 0.1) is 21.3 Å². The monoisotopic (exact) mass is 336 g/mol. The summed E-state index contributed by atoms with van der Waals surface area (Å²) < 4.78 is 16.4. The average Bonchev–Trinajstić information content (AvgIpc) is 2.67. The summed E-state index contributed by atoms with van der Waals surface area (Å²) in [5.74, 6) is 1.86. The van der Waals surface area contributed by atoms with Crippen molar-refractivity contribution in [3.63, 3.8) is 0 Å². The molecule has 0 aromatic heterocycles. The maximum atomic E-state index is 5.48. The van der Waals surface area contributed by atoms with Gasteiger partial charge in [-0.1, -0.05) is 24.3 Å². The molecule has 0 amide bonds. The van der Waals surface area contributed by atoms with Crippen LogP contribution in [0.15, 0.2) is 48.5 Å². The predicted molar refractivity (Wildman–Crippen MR) is 100 cm³/mol. The fourth-order valence-electron chi connectivity index (χ4n) is 3.36. The summed E-state index contributed by atoms with van der Waals surface area (Å²) in [6, 6.07) is 16.5. The Morgan fingerprint density at radius 2 is 1.32 bits per heavy atom. The molecule has 1 aliphatic rings. The van der Waals surface area contributed by atoms with Gasteiger partial charge in [0, 0.05) is 22.3 Å². The summed E-state index contributed by atoms with van der Waals surface area (Å²) in [5, 5.41) is 9.52. The van der Waals surface area contributed by atoms with E-state index in [9.17, 15) is 0 Å². The summed E-state index contributed by atoms with van der Waals surface area (Å²) >= 11 is 0. The van der Waals surface area contributed by atoms with Crippen molar-refractivity contribution in [2.24, 2.45) is 0 Å². The third-order valence-corrected chi connectivity index (χ3v) is 4.52. The van der Waals surface area contributed by atoms with Crippen LogP contribution in [0, 0.1) is 0 Å². The lowest BCUT2D eigenvalue weighted by Crippen LogP contribution is -2.23. The largest absolute Gasteiger partial charge is 0.493 e. The van der Waals surface area contributed by atoms with Crippen molar-refractivity contribution in [1.82, 2.24) is 0 Å². The van der Waals surface area contributed by atoms with Gasteiger partial charge in [-0.2, -0.15) is 0 Å². The van der Waals surface area contributed by atoms with E-state index in [4.69, 9.17) is 14.2 Å². The van der Waals surface area contributed by atoms with Gasteiger partial charge in [0.1, 0.15) is 6.17 Å². The van der Waals surface area contributed by atoms with Gasteiger partial charge >= 0.3 is 0 Å². The zero-order valence-corrected chi connectivity index (χ0v) is 14.4. The molecule has 4 rings (SSSR count). The summed E-state index contributed by atoms with van der Waals surface area (Å²) in [6.45, 7) is 0. The molecule has 3 aromatic carbocycles. The molecule has 0 unspecified atom stereocenters. The Labute approximate surface area is 146 Å². The lowest BCUT2D eigenvalue weighted by molar-refractivity contribution is 0.323. The maximum absolute atomic E-state index is 5.48. The Morgan fingerprint density at radius 3 is 1.80 bits per heavy atom. The Bertz CT molecular complexity index is 874. The molecule has 0 spiro atoms. The smallest absolute Gasteiger partial charge is 0.203 e. The Balaban J connectivity index is 1.79. The van der Waals surface area contributed by atoms with Crippen molar-refractivity contribution < 1.29 is 14.2 Å². The van der Waals surface area contributed by atoms with E-state index in [-0.39, 0.29) is 6.17 Å². The van der Waals surface area contributed by atoms with Crippen LogP contribution in [0.1, 0.15) is 11.7 Å². The Morgan fingerprint density at radius 1 is 0.760 bits per heavy atom. The van der Waals surface area contributed by atoms with Crippen LogP contribution in [0.25, 0.3) is 10.8 Å². The Kier molecular flexibility index (Phi) is 3.76. The molecular formula is C20H20N2O3. The van der Waals surface area contributed by atoms with Crippen LogP contribution in [0.5, 0.6) is 17.2 Å². The van der Waals surface area contributed by atoms with Crippen molar-refractivity contribution in [1.29, 1.82) is 0 Å². The molecular weight excluding hydrogens is 316 g/mol. The standard InChI is InChI=1S/C20H20N2O3/c1-23-16-10-13(11-17(24-2)19(16)25-3)20-21-14-8-4-6-12-7-5-9-15(22-20)18(12)14/h4-11,20-22H,1-3H3. The van der Waals surface area contributed by atoms with Crippen molar-refractivity contribution in [2.45, 2.75) is 6.17 Å². The lowest BCUT2D eigenvalue weighted by atomic mass is 10.0. The van der Waals surface area contributed by atoms with Gasteiger partial charge in [-0.15, -0.1) is 0 Å². The highest BCUT2D eigenvalue weighted by atomic mass is 16.5. The highest BCUT2D eigenvalue weighted by Gasteiger charge is 2.23. The number of rotatable bonds is 4. The topological polar surface area (TPSA) is 51.8 Å². The molecule has 5 heteroatoms. The van der Waals surface area contributed by atoms with Crippen molar-refractivity contribution in [2.75, 3.05) is 32.0 Å². The van der Waals surface area contributed by atoms with E-state index >= 15 is 0 Å². The quantitative estimate of drug-likeness (QED) is 0.739. The Hall–Kier alpha value is -3.08. The number of hydrogen-bond donors (Lipinski definition) is 2. The van der Waals surface area contributed by atoms with E-state index in [1.165, 1.54) is 10.8 Å². The van der Waals surface area contributed by atoms with Crippen LogP contribution in [0.2, 0.25) is 0 Å². The minimum atomic E-state index is -0.103. The number of nitrogens with one attached hydrogen (secondary N) is 2. The first kappa shape index (κ1) is 15.4. The number of hydrogen-bond acceptors (Lipinski definition) is 5. The molecule has 1 aliphatic heterocycles. The van der Waals surface area contributed by atoms with Gasteiger partial charge < -0.3 is 24.8 Å². The highest BCUT2D eigenvalue weighted by Crippen LogP contribution is 2.43. The fourth-order valence-corrected chi connectivity index (χ4v) is 3.36. The molecule has 0 aliphatic carbocycles. The van der Waals surface area contributed by atoms with Crippen LogP contribution in [0.3, 0.4) is 0 Å². The second kappa shape index (κ2) is 6.09. The minimum Gasteiger partial charge on any atom is -0.493 e. The van der Waals surface area contributed by atoms with Gasteiger partial charge in [0.2, 0.25) is 5.75 Å². The molecule has 3 aromatic rings. The van der Waals surface area contributed by atoms with Gasteiger partial charge in [-0.25, -0.2) is 0 Å². The van der Waals surface area contributed by atoms with E-state index in [2.05, 4.69) is 47.0 Å².